The normalized spacial score (nSPS) is 14.5. The van der Waals surface area contributed by atoms with Crippen LogP contribution in [0.3, 0.4) is 0 Å². The van der Waals surface area contributed by atoms with Crippen LogP contribution in [0.4, 0.5) is 13.2 Å². The number of benzene rings is 2. The lowest BCUT2D eigenvalue weighted by atomic mass is 9.99. The zero-order valence-corrected chi connectivity index (χ0v) is 18.1. The van der Waals surface area contributed by atoms with Crippen molar-refractivity contribution in [1.82, 2.24) is 4.90 Å². The molecule has 1 heterocycles. The summed E-state index contributed by atoms with van der Waals surface area (Å²) in [7, 11) is 0. The molecular formula is C25H26F3NO4. The van der Waals surface area contributed by atoms with E-state index in [2.05, 4.69) is 16.9 Å². The number of carbonyl (C=O) groups excluding carboxylic acids is 2. The highest BCUT2D eigenvalue weighted by molar-refractivity contribution is 5.88. The zero-order valence-electron chi connectivity index (χ0n) is 18.1. The van der Waals surface area contributed by atoms with Crippen molar-refractivity contribution >= 4 is 17.5 Å². The Labute approximate surface area is 190 Å². The van der Waals surface area contributed by atoms with E-state index in [1.54, 1.807) is 0 Å². The highest BCUT2D eigenvalue weighted by Crippen LogP contribution is 2.25. The van der Waals surface area contributed by atoms with Gasteiger partial charge in [-0.1, -0.05) is 48.5 Å². The molecule has 0 bridgehead atoms. The minimum atomic E-state index is -5.17. The van der Waals surface area contributed by atoms with Gasteiger partial charge in [0.15, 0.2) is 0 Å². The highest BCUT2D eigenvalue weighted by Gasteiger charge is 2.42. The van der Waals surface area contributed by atoms with E-state index in [1.807, 2.05) is 53.4 Å². The van der Waals surface area contributed by atoms with Crippen LogP contribution in [0.25, 0.3) is 5.57 Å². The van der Waals surface area contributed by atoms with Gasteiger partial charge in [-0.2, -0.15) is 13.2 Å². The molecule has 5 nitrogen and oxygen atoms in total. The fraction of sp³-hybridized carbons (Fsp3) is 0.360. The molecule has 176 valence electrons. The third-order valence-corrected chi connectivity index (χ3v) is 5.31. The van der Waals surface area contributed by atoms with Gasteiger partial charge in [0.25, 0.3) is 0 Å². The van der Waals surface area contributed by atoms with Crippen LogP contribution in [0.1, 0.15) is 30.4 Å². The van der Waals surface area contributed by atoms with Gasteiger partial charge >= 0.3 is 18.1 Å². The van der Waals surface area contributed by atoms with Crippen LogP contribution in [0, 0.1) is 0 Å². The number of hydrogen-bond donors (Lipinski definition) is 0. The van der Waals surface area contributed by atoms with Crippen molar-refractivity contribution in [3.63, 3.8) is 0 Å². The molecule has 0 saturated heterocycles. The number of rotatable bonds is 9. The van der Waals surface area contributed by atoms with Gasteiger partial charge in [0.2, 0.25) is 0 Å². The van der Waals surface area contributed by atoms with Crippen LogP contribution in [0.2, 0.25) is 0 Å². The number of hydrogen-bond acceptors (Lipinski definition) is 5. The summed E-state index contributed by atoms with van der Waals surface area (Å²) in [6.45, 7) is 2.09. The van der Waals surface area contributed by atoms with Crippen LogP contribution in [-0.2, 0) is 20.7 Å². The zero-order chi connectivity index (χ0) is 23.7. The first-order valence-corrected chi connectivity index (χ1v) is 10.8. The van der Waals surface area contributed by atoms with E-state index < -0.39 is 18.1 Å². The molecule has 0 aromatic heterocycles. The van der Waals surface area contributed by atoms with Gasteiger partial charge in [0.1, 0.15) is 5.75 Å². The van der Waals surface area contributed by atoms with Crippen molar-refractivity contribution in [2.75, 3.05) is 26.2 Å². The fourth-order valence-corrected chi connectivity index (χ4v) is 3.51. The minimum Gasteiger partial charge on any atom is -0.494 e. The van der Waals surface area contributed by atoms with Crippen molar-refractivity contribution < 1.29 is 32.2 Å². The Hall–Kier alpha value is -3.13. The van der Waals surface area contributed by atoms with Gasteiger partial charge < -0.3 is 9.47 Å². The van der Waals surface area contributed by atoms with Crippen LogP contribution < -0.4 is 4.74 Å². The van der Waals surface area contributed by atoms with Crippen LogP contribution in [-0.4, -0.2) is 49.3 Å². The van der Waals surface area contributed by atoms with Crippen LogP contribution >= 0.6 is 0 Å². The number of nitrogens with zero attached hydrogens (tertiary/aromatic N) is 1. The largest absolute Gasteiger partial charge is 0.494 e. The molecule has 0 unspecified atom stereocenters. The maximum absolute atomic E-state index is 12.1. The first-order valence-electron chi connectivity index (χ1n) is 10.8. The Bertz CT molecular complexity index is 956. The monoisotopic (exact) mass is 461 g/mol. The molecule has 0 saturated carbocycles. The lowest BCUT2D eigenvalue weighted by Gasteiger charge is -2.26. The molecule has 0 radical (unpaired) electrons. The number of carbonyl (C=O) groups is 2. The molecule has 0 aliphatic carbocycles. The summed E-state index contributed by atoms with van der Waals surface area (Å²) in [6, 6.07) is 18.2. The van der Waals surface area contributed by atoms with E-state index in [9.17, 15) is 22.8 Å². The summed E-state index contributed by atoms with van der Waals surface area (Å²) in [5, 5.41) is 0. The molecule has 1 aliphatic heterocycles. The Morgan fingerprint density at radius 1 is 1.00 bits per heavy atom. The molecule has 2 aromatic carbocycles. The van der Waals surface area contributed by atoms with Crippen molar-refractivity contribution in [2.45, 2.75) is 31.9 Å². The summed E-state index contributed by atoms with van der Waals surface area (Å²) < 4.78 is 46.0. The second kappa shape index (κ2) is 11.7. The second-order valence-corrected chi connectivity index (χ2v) is 7.75. The van der Waals surface area contributed by atoms with Gasteiger partial charge in [-0.3, -0.25) is 9.69 Å². The predicted octanol–water partition coefficient (Wildman–Crippen LogP) is 4.81. The van der Waals surface area contributed by atoms with E-state index >= 15 is 0 Å². The molecule has 3 rings (SSSR count). The first kappa shape index (κ1) is 24.5. The minimum absolute atomic E-state index is 0.226. The van der Waals surface area contributed by atoms with Gasteiger partial charge in [0.05, 0.1) is 13.0 Å². The topological polar surface area (TPSA) is 55.8 Å². The standard InChI is InChI=1S/C25H26F3NO4/c26-25(27,28)24(31)33-23(30)14-17-29-15-12-21(13-16-29)20-8-10-22(11-9-20)32-18-4-7-19-5-2-1-3-6-19/h1-3,5-6,8-12H,4,7,13-18H2. The number of alkyl halides is 3. The van der Waals surface area contributed by atoms with E-state index in [-0.39, 0.29) is 13.0 Å². The van der Waals surface area contributed by atoms with Crippen molar-refractivity contribution in [3.05, 3.63) is 71.8 Å². The molecule has 1 aliphatic rings. The molecular weight excluding hydrogens is 435 g/mol. The Morgan fingerprint density at radius 2 is 1.73 bits per heavy atom. The summed E-state index contributed by atoms with van der Waals surface area (Å²) in [4.78, 5) is 24.0. The lowest BCUT2D eigenvalue weighted by molar-refractivity contribution is -0.201. The number of ether oxygens (including phenoxy) is 2. The summed E-state index contributed by atoms with van der Waals surface area (Å²) in [5.41, 5.74) is 3.54. The number of esters is 2. The van der Waals surface area contributed by atoms with Gasteiger partial charge in [-0.15, -0.1) is 0 Å². The van der Waals surface area contributed by atoms with E-state index in [4.69, 9.17) is 4.74 Å². The summed E-state index contributed by atoms with van der Waals surface area (Å²) >= 11 is 0. The molecule has 8 heteroatoms. The van der Waals surface area contributed by atoms with Crippen LogP contribution in [0.15, 0.2) is 60.7 Å². The molecule has 2 aromatic rings. The maximum Gasteiger partial charge on any atom is 0.491 e. The summed E-state index contributed by atoms with van der Waals surface area (Å²) in [5.74, 6) is -2.83. The van der Waals surface area contributed by atoms with Gasteiger partial charge in [-0.05, 0) is 48.1 Å². The van der Waals surface area contributed by atoms with Crippen LogP contribution in [0.5, 0.6) is 5.75 Å². The quantitative estimate of drug-likeness (QED) is 0.305. The molecule has 0 fully saturated rings. The average Bonchev–Trinajstić information content (AvgIpc) is 2.81. The number of halogens is 3. The first-order chi connectivity index (χ1) is 15.8. The summed E-state index contributed by atoms with van der Waals surface area (Å²) in [6.07, 6.45) is -0.759. The van der Waals surface area contributed by atoms with E-state index in [0.717, 1.165) is 36.1 Å². The molecule has 33 heavy (non-hydrogen) atoms. The number of aryl methyl sites for hydroxylation is 1. The van der Waals surface area contributed by atoms with Crippen molar-refractivity contribution in [1.29, 1.82) is 0 Å². The predicted molar refractivity (Wildman–Crippen MR) is 118 cm³/mol. The maximum atomic E-state index is 12.1. The molecule has 0 N–H and O–H groups in total. The van der Waals surface area contributed by atoms with Crippen molar-refractivity contribution in [3.8, 4) is 5.75 Å². The average molecular weight is 461 g/mol. The molecule has 0 spiro atoms. The van der Waals surface area contributed by atoms with E-state index in [0.29, 0.717) is 19.7 Å². The third kappa shape index (κ3) is 8.05. The Morgan fingerprint density at radius 3 is 2.36 bits per heavy atom. The fourth-order valence-electron chi connectivity index (χ4n) is 3.51. The second-order valence-electron chi connectivity index (χ2n) is 7.75. The van der Waals surface area contributed by atoms with Gasteiger partial charge in [0, 0.05) is 19.6 Å². The van der Waals surface area contributed by atoms with E-state index in [1.165, 1.54) is 5.56 Å². The SMILES string of the molecule is O=C(CCN1CC=C(c2ccc(OCCCc3ccccc3)cc2)CC1)OC(=O)C(F)(F)F. The van der Waals surface area contributed by atoms with Crippen molar-refractivity contribution in [2.24, 2.45) is 0 Å². The Kier molecular flexibility index (Phi) is 8.65. The lowest BCUT2D eigenvalue weighted by Crippen LogP contribution is -2.33. The third-order valence-electron chi connectivity index (χ3n) is 5.31. The molecule has 0 amide bonds. The Balaban J connectivity index is 1.38. The highest BCUT2D eigenvalue weighted by atomic mass is 19.4. The smallest absolute Gasteiger partial charge is 0.491 e. The van der Waals surface area contributed by atoms with Gasteiger partial charge in [-0.25, -0.2) is 4.79 Å². The molecule has 0 atom stereocenters.